The molecular formula is C8H18O8P+. The monoisotopic (exact) mass is 273 g/mol. The summed E-state index contributed by atoms with van der Waals surface area (Å²) in [6.45, 7) is 2.33. The molecule has 0 amide bonds. The molecular weight excluding hydrogens is 255 g/mol. The number of carbonyl (C=O) groups excluding carboxylic acids is 1. The molecule has 0 aromatic heterocycles. The van der Waals surface area contributed by atoms with E-state index in [1.807, 2.05) is 0 Å². The molecule has 0 aliphatic carbocycles. The molecule has 6 N–H and O–H groups in total. The Bertz CT molecular complexity index is 259. The molecule has 0 saturated carbocycles. The highest BCUT2D eigenvalue weighted by Gasteiger charge is 2.44. The van der Waals surface area contributed by atoms with Crippen LogP contribution < -0.4 is 0 Å². The zero-order valence-corrected chi connectivity index (χ0v) is 10.4. The lowest BCUT2D eigenvalue weighted by atomic mass is 9.97. The summed E-state index contributed by atoms with van der Waals surface area (Å²) in [5, 5.41) is 27.9. The van der Waals surface area contributed by atoms with Crippen molar-refractivity contribution in [1.29, 1.82) is 0 Å². The first kappa shape index (κ1) is 16.8. The fourth-order valence-corrected chi connectivity index (χ4v) is 1.33. The maximum Gasteiger partial charge on any atom is 0.567 e. The van der Waals surface area contributed by atoms with Crippen LogP contribution in [0, 0.1) is 5.92 Å². The number of rotatable bonds is 7. The molecule has 0 spiro atoms. The van der Waals surface area contributed by atoms with Gasteiger partial charge in [-0.05, 0) is 5.92 Å². The highest BCUT2D eigenvalue weighted by molar-refractivity contribution is 7.53. The van der Waals surface area contributed by atoms with Crippen LogP contribution in [-0.2, 0) is 9.32 Å². The molecule has 0 fully saturated rings. The second kappa shape index (κ2) is 6.12. The Morgan fingerprint density at radius 2 is 1.76 bits per heavy atom. The van der Waals surface area contributed by atoms with Crippen molar-refractivity contribution in [1.82, 2.24) is 0 Å². The Hall–Kier alpha value is -0.180. The Kier molecular flexibility index (Phi) is 6.06. The average Bonchev–Trinajstić information content (AvgIpc) is 2.11. The van der Waals surface area contributed by atoms with Crippen LogP contribution in [0.3, 0.4) is 0 Å². The molecule has 0 rings (SSSR count). The quantitative estimate of drug-likeness (QED) is 0.238. The molecule has 1 atom stereocenters. The normalized spacial score (nSPS) is 15.1. The molecule has 17 heavy (non-hydrogen) atoms. The molecule has 9 heteroatoms. The molecule has 0 radical (unpaired) electrons. The molecule has 0 heterocycles. The molecule has 102 valence electrons. The summed E-state index contributed by atoms with van der Waals surface area (Å²) in [5.74, 6) is -4.23. The number of hydrogen-bond acceptors (Lipinski definition) is 8. The number of hydrogen-bond donors (Lipinski definition) is 6. The van der Waals surface area contributed by atoms with Crippen molar-refractivity contribution < 1.29 is 39.3 Å². The average molecular weight is 273 g/mol. The third kappa shape index (κ3) is 6.35. The first-order chi connectivity index (χ1) is 7.47. The van der Waals surface area contributed by atoms with E-state index in [0.29, 0.717) is 0 Å². The maximum atomic E-state index is 11.3. The largest absolute Gasteiger partial charge is 0.567 e. The highest BCUT2D eigenvalue weighted by atomic mass is 31.2. The van der Waals surface area contributed by atoms with Gasteiger partial charge in [-0.2, -0.15) is 19.2 Å². The van der Waals surface area contributed by atoms with Crippen molar-refractivity contribution in [2.24, 2.45) is 5.92 Å². The number of carbonyl (C=O) groups is 1. The van der Waals surface area contributed by atoms with Gasteiger partial charge >= 0.3 is 8.17 Å². The van der Waals surface area contributed by atoms with Crippen molar-refractivity contribution in [2.75, 3.05) is 6.61 Å². The molecule has 0 aromatic carbocycles. The Balaban J connectivity index is 4.43. The van der Waals surface area contributed by atoms with Gasteiger partial charge in [0, 0.05) is 6.42 Å². The Morgan fingerprint density at radius 1 is 1.29 bits per heavy atom. The van der Waals surface area contributed by atoms with Gasteiger partial charge in [0.15, 0.2) is 5.78 Å². The second-order valence-electron chi connectivity index (χ2n) is 4.07. The van der Waals surface area contributed by atoms with Gasteiger partial charge in [0.2, 0.25) is 0 Å². The van der Waals surface area contributed by atoms with Crippen molar-refractivity contribution >= 4 is 14.0 Å². The molecule has 0 unspecified atom stereocenters. The number of Topliss-reactive ketones (excluding diaryl/α,β-unsaturated/α-hetero) is 1. The van der Waals surface area contributed by atoms with Crippen LogP contribution in [0.25, 0.3) is 0 Å². The number of aliphatic hydroxyl groups is 3. The molecule has 0 aliphatic rings. The molecule has 0 aromatic rings. The van der Waals surface area contributed by atoms with Crippen molar-refractivity contribution in [3.8, 4) is 0 Å². The van der Waals surface area contributed by atoms with Crippen molar-refractivity contribution in [2.45, 2.75) is 32.2 Å². The van der Waals surface area contributed by atoms with Crippen molar-refractivity contribution in [3.05, 3.63) is 0 Å². The number of ketones is 1. The van der Waals surface area contributed by atoms with E-state index >= 15 is 0 Å². The zero-order valence-electron chi connectivity index (χ0n) is 9.52. The molecule has 0 saturated heterocycles. The standard InChI is InChI=1S/C8H18O8P/c1-5(2)3-6(9)8(11,12)7(10)4-16-17(13,14)15/h5,7,10-15H,3-4H2,1-2H3/q+1/t7-/m0/s1. The smallest absolute Gasteiger partial charge is 0.384 e. The fourth-order valence-electron chi connectivity index (χ4n) is 0.994. The van der Waals surface area contributed by atoms with Crippen LogP contribution >= 0.6 is 8.17 Å². The van der Waals surface area contributed by atoms with Gasteiger partial charge in [-0.3, -0.25) is 4.79 Å². The lowest BCUT2D eigenvalue weighted by molar-refractivity contribution is -0.225. The van der Waals surface area contributed by atoms with Crippen LogP contribution in [0.1, 0.15) is 20.3 Å². The van der Waals surface area contributed by atoms with Crippen LogP contribution in [-0.4, -0.2) is 54.3 Å². The van der Waals surface area contributed by atoms with E-state index in [1.165, 1.54) is 0 Å². The summed E-state index contributed by atoms with van der Waals surface area (Å²) in [4.78, 5) is 36.7. The minimum Gasteiger partial charge on any atom is -0.384 e. The molecule has 0 aliphatic heterocycles. The van der Waals surface area contributed by atoms with Gasteiger partial charge in [-0.1, -0.05) is 13.8 Å². The van der Waals surface area contributed by atoms with Gasteiger partial charge in [0.05, 0.1) is 0 Å². The van der Waals surface area contributed by atoms with Gasteiger partial charge in [-0.15, -0.1) is 0 Å². The second-order valence-corrected chi connectivity index (χ2v) is 5.36. The van der Waals surface area contributed by atoms with E-state index in [2.05, 4.69) is 4.52 Å². The molecule has 8 nitrogen and oxygen atoms in total. The van der Waals surface area contributed by atoms with Gasteiger partial charge in [0.1, 0.15) is 12.7 Å². The summed E-state index contributed by atoms with van der Waals surface area (Å²) in [6.07, 6.45) is -2.28. The predicted molar refractivity (Wildman–Crippen MR) is 57.2 cm³/mol. The minimum atomic E-state index is -4.59. The maximum absolute atomic E-state index is 11.3. The summed E-state index contributed by atoms with van der Waals surface area (Å²) in [7, 11) is -4.59. The van der Waals surface area contributed by atoms with E-state index in [4.69, 9.17) is 14.7 Å². The zero-order chi connectivity index (χ0) is 13.9. The first-order valence-corrected chi connectivity index (χ1v) is 6.41. The van der Waals surface area contributed by atoms with E-state index in [-0.39, 0.29) is 12.3 Å². The summed E-state index contributed by atoms with van der Waals surface area (Å²) in [6, 6.07) is 0. The van der Waals surface area contributed by atoms with Crippen LogP contribution in [0.15, 0.2) is 0 Å². The van der Waals surface area contributed by atoms with Gasteiger partial charge in [-0.25, -0.2) is 0 Å². The summed E-state index contributed by atoms with van der Waals surface area (Å²) in [5.41, 5.74) is 0. The predicted octanol–water partition coefficient (Wildman–Crippen LogP) is -1.69. The fraction of sp³-hybridized carbons (Fsp3) is 0.875. The summed E-state index contributed by atoms with van der Waals surface area (Å²) >= 11 is 0. The third-order valence-corrected chi connectivity index (χ3v) is 2.37. The van der Waals surface area contributed by atoms with E-state index in [9.17, 15) is 20.1 Å². The lowest BCUT2D eigenvalue weighted by Crippen LogP contribution is -2.51. The van der Waals surface area contributed by atoms with E-state index in [0.717, 1.165) is 0 Å². The third-order valence-electron chi connectivity index (χ3n) is 1.87. The van der Waals surface area contributed by atoms with Crippen molar-refractivity contribution in [3.63, 3.8) is 0 Å². The number of aliphatic hydroxyl groups excluding tert-OH is 1. The Labute approximate surface area is 98.8 Å². The van der Waals surface area contributed by atoms with Crippen LogP contribution in [0.2, 0.25) is 0 Å². The van der Waals surface area contributed by atoms with Gasteiger partial charge < -0.3 is 15.3 Å². The van der Waals surface area contributed by atoms with E-state index in [1.54, 1.807) is 13.8 Å². The molecule has 0 bridgehead atoms. The van der Waals surface area contributed by atoms with Crippen LogP contribution in [0.4, 0.5) is 0 Å². The lowest BCUT2D eigenvalue weighted by Gasteiger charge is -2.25. The SMILES string of the molecule is CC(C)CC(=O)C(O)(O)[C@@H](O)CO[P+](O)(O)O. The van der Waals surface area contributed by atoms with Crippen LogP contribution in [0.5, 0.6) is 0 Å². The minimum absolute atomic E-state index is 0.144. The van der Waals surface area contributed by atoms with E-state index < -0.39 is 32.5 Å². The topological polar surface area (TPSA) is 148 Å². The van der Waals surface area contributed by atoms with Gasteiger partial charge in [0.25, 0.3) is 5.79 Å². The summed E-state index contributed by atoms with van der Waals surface area (Å²) < 4.78 is 3.99. The highest BCUT2D eigenvalue weighted by Crippen LogP contribution is 2.45. The first-order valence-electron chi connectivity index (χ1n) is 4.84. The Morgan fingerprint density at radius 3 is 2.12 bits per heavy atom.